The van der Waals surface area contributed by atoms with Crippen LogP contribution in [0.25, 0.3) is 0 Å². The van der Waals surface area contributed by atoms with Crippen molar-refractivity contribution in [3.05, 3.63) is 21.9 Å². The highest BCUT2D eigenvalue weighted by atomic mass is 32.1. The monoisotopic (exact) mass is 335 g/mol. The Morgan fingerprint density at radius 3 is 2.87 bits per heavy atom. The molecule has 3 amide bonds. The van der Waals surface area contributed by atoms with Crippen molar-refractivity contribution in [3.8, 4) is 0 Å². The van der Waals surface area contributed by atoms with E-state index < -0.39 is 0 Å². The number of urea groups is 1. The molecule has 0 radical (unpaired) electrons. The van der Waals surface area contributed by atoms with Crippen LogP contribution in [0.15, 0.2) is 11.4 Å². The van der Waals surface area contributed by atoms with E-state index in [1.807, 2.05) is 4.90 Å². The molecule has 3 rings (SSSR count). The van der Waals surface area contributed by atoms with Crippen LogP contribution in [0.2, 0.25) is 0 Å². The van der Waals surface area contributed by atoms with Gasteiger partial charge in [-0.3, -0.25) is 4.79 Å². The number of nitrogens with one attached hydrogen (secondary N) is 2. The van der Waals surface area contributed by atoms with Crippen LogP contribution in [0.1, 0.15) is 42.5 Å². The zero-order chi connectivity index (χ0) is 16.1. The van der Waals surface area contributed by atoms with Crippen molar-refractivity contribution in [1.82, 2.24) is 15.5 Å². The quantitative estimate of drug-likeness (QED) is 0.839. The van der Waals surface area contributed by atoms with E-state index in [0.717, 1.165) is 31.8 Å². The molecule has 1 aromatic rings. The van der Waals surface area contributed by atoms with E-state index >= 15 is 0 Å². The molecule has 0 unspecified atom stereocenters. The first-order valence-corrected chi connectivity index (χ1v) is 9.45. The fourth-order valence-electron chi connectivity index (χ4n) is 3.14. The van der Waals surface area contributed by atoms with Crippen LogP contribution in [-0.4, -0.2) is 36.5 Å². The van der Waals surface area contributed by atoms with Crippen LogP contribution in [0.3, 0.4) is 0 Å². The highest BCUT2D eigenvalue weighted by molar-refractivity contribution is 7.10. The second-order valence-electron chi connectivity index (χ2n) is 6.45. The second kappa shape index (κ2) is 7.81. The first kappa shape index (κ1) is 16.3. The summed E-state index contributed by atoms with van der Waals surface area (Å²) < 4.78 is 0. The van der Waals surface area contributed by atoms with Crippen molar-refractivity contribution in [1.29, 1.82) is 0 Å². The number of rotatable bonds is 6. The Morgan fingerprint density at radius 2 is 2.09 bits per heavy atom. The van der Waals surface area contributed by atoms with Crippen molar-refractivity contribution < 1.29 is 9.59 Å². The van der Waals surface area contributed by atoms with Gasteiger partial charge >= 0.3 is 6.03 Å². The third kappa shape index (κ3) is 4.47. The Hall–Kier alpha value is -1.56. The minimum Gasteiger partial charge on any atom is -0.338 e. The van der Waals surface area contributed by atoms with Gasteiger partial charge in [0.2, 0.25) is 5.91 Å². The third-order valence-corrected chi connectivity index (χ3v) is 5.87. The van der Waals surface area contributed by atoms with Crippen molar-refractivity contribution in [2.24, 2.45) is 5.92 Å². The average Bonchev–Trinajstić information content (AvgIpc) is 2.97. The van der Waals surface area contributed by atoms with Crippen molar-refractivity contribution in [2.75, 3.05) is 19.6 Å². The second-order valence-corrected chi connectivity index (χ2v) is 7.45. The number of carbonyl (C=O) groups excluding carboxylic acids is 2. The molecule has 23 heavy (non-hydrogen) atoms. The summed E-state index contributed by atoms with van der Waals surface area (Å²) in [6, 6.07) is 1.95. The Morgan fingerprint density at radius 1 is 1.26 bits per heavy atom. The molecule has 5 nitrogen and oxygen atoms in total. The standard InChI is InChI=1S/C17H25N3O2S/c21-16(20-10-6-15-14(12-20)7-11-23-15)5-9-19-17(22)18-8-4-13-2-1-3-13/h7,11,13H,1-6,8-10,12H2,(H2,18,19,22). The molecule has 1 aliphatic carbocycles. The van der Waals surface area contributed by atoms with Gasteiger partial charge in [-0.05, 0) is 35.8 Å². The van der Waals surface area contributed by atoms with E-state index in [2.05, 4.69) is 22.1 Å². The number of amides is 3. The largest absolute Gasteiger partial charge is 0.338 e. The van der Waals surface area contributed by atoms with Gasteiger partial charge in [0.1, 0.15) is 0 Å². The number of hydrogen-bond acceptors (Lipinski definition) is 3. The molecule has 2 heterocycles. The van der Waals surface area contributed by atoms with Crippen molar-refractivity contribution >= 4 is 23.3 Å². The van der Waals surface area contributed by atoms with Gasteiger partial charge in [-0.25, -0.2) is 4.79 Å². The summed E-state index contributed by atoms with van der Waals surface area (Å²) in [5, 5.41) is 7.74. The maximum Gasteiger partial charge on any atom is 0.314 e. The first-order valence-electron chi connectivity index (χ1n) is 8.57. The van der Waals surface area contributed by atoms with E-state index in [-0.39, 0.29) is 11.9 Å². The summed E-state index contributed by atoms with van der Waals surface area (Å²) in [4.78, 5) is 27.2. The van der Waals surface area contributed by atoms with E-state index in [0.29, 0.717) is 19.5 Å². The normalized spacial score (nSPS) is 17.3. The van der Waals surface area contributed by atoms with E-state index in [1.54, 1.807) is 11.3 Å². The topological polar surface area (TPSA) is 61.4 Å². The lowest BCUT2D eigenvalue weighted by Crippen LogP contribution is -2.40. The number of nitrogens with zero attached hydrogens (tertiary/aromatic N) is 1. The Balaban J connectivity index is 1.29. The summed E-state index contributed by atoms with van der Waals surface area (Å²) >= 11 is 1.77. The third-order valence-electron chi connectivity index (χ3n) is 4.85. The van der Waals surface area contributed by atoms with Crippen LogP contribution in [0, 0.1) is 5.92 Å². The van der Waals surface area contributed by atoms with E-state index in [1.165, 1.54) is 29.7 Å². The Labute approximate surface area is 141 Å². The summed E-state index contributed by atoms with van der Waals surface area (Å²) in [7, 11) is 0. The van der Waals surface area contributed by atoms with Crippen LogP contribution in [0.5, 0.6) is 0 Å². The summed E-state index contributed by atoms with van der Waals surface area (Å²) in [5.41, 5.74) is 1.27. The molecule has 6 heteroatoms. The lowest BCUT2D eigenvalue weighted by atomic mass is 9.83. The van der Waals surface area contributed by atoms with Gasteiger partial charge in [-0.2, -0.15) is 0 Å². The number of fused-ring (bicyclic) bond motifs is 1. The molecule has 126 valence electrons. The average molecular weight is 335 g/mol. The highest BCUT2D eigenvalue weighted by Gasteiger charge is 2.21. The molecule has 1 aromatic heterocycles. The number of carbonyl (C=O) groups is 2. The zero-order valence-electron chi connectivity index (χ0n) is 13.5. The van der Waals surface area contributed by atoms with Gasteiger partial charge in [-0.1, -0.05) is 19.3 Å². The molecule has 0 spiro atoms. The predicted molar refractivity (Wildman–Crippen MR) is 91.4 cm³/mol. The minimum atomic E-state index is -0.157. The lowest BCUT2D eigenvalue weighted by Gasteiger charge is -2.27. The minimum absolute atomic E-state index is 0.122. The first-order chi connectivity index (χ1) is 11.2. The van der Waals surface area contributed by atoms with Gasteiger partial charge in [0.15, 0.2) is 0 Å². The molecule has 0 aromatic carbocycles. The highest BCUT2D eigenvalue weighted by Crippen LogP contribution is 2.28. The molecule has 1 saturated carbocycles. The van der Waals surface area contributed by atoms with Crippen molar-refractivity contribution in [2.45, 2.75) is 45.1 Å². The smallest absolute Gasteiger partial charge is 0.314 e. The van der Waals surface area contributed by atoms with Crippen LogP contribution in [-0.2, 0) is 17.8 Å². The molecule has 0 atom stereocenters. The SMILES string of the molecule is O=C(NCCC(=O)N1CCc2sccc2C1)NCCC1CCC1. The van der Waals surface area contributed by atoms with E-state index in [9.17, 15) is 9.59 Å². The molecule has 1 aliphatic heterocycles. The molecular formula is C17H25N3O2S. The maximum atomic E-state index is 12.2. The van der Waals surface area contributed by atoms with Crippen LogP contribution < -0.4 is 10.6 Å². The van der Waals surface area contributed by atoms with Crippen molar-refractivity contribution in [3.63, 3.8) is 0 Å². The number of hydrogen-bond donors (Lipinski definition) is 2. The summed E-state index contributed by atoms with van der Waals surface area (Å²) in [6.45, 7) is 2.64. The number of thiophene rings is 1. The molecule has 0 bridgehead atoms. The van der Waals surface area contributed by atoms with Crippen LogP contribution in [0.4, 0.5) is 4.79 Å². The molecule has 2 N–H and O–H groups in total. The van der Waals surface area contributed by atoms with Gasteiger partial charge in [0.05, 0.1) is 0 Å². The summed E-state index contributed by atoms with van der Waals surface area (Å²) in [5.74, 6) is 0.926. The Kier molecular flexibility index (Phi) is 5.54. The van der Waals surface area contributed by atoms with Gasteiger partial charge in [-0.15, -0.1) is 11.3 Å². The summed E-state index contributed by atoms with van der Waals surface area (Å²) in [6.07, 6.45) is 6.34. The fraction of sp³-hybridized carbons (Fsp3) is 0.647. The van der Waals surface area contributed by atoms with Gasteiger partial charge in [0.25, 0.3) is 0 Å². The predicted octanol–water partition coefficient (Wildman–Crippen LogP) is 2.51. The molecule has 2 aliphatic rings. The molecular weight excluding hydrogens is 310 g/mol. The van der Waals surface area contributed by atoms with Gasteiger partial charge < -0.3 is 15.5 Å². The maximum absolute atomic E-state index is 12.2. The van der Waals surface area contributed by atoms with Crippen LogP contribution >= 0.6 is 11.3 Å². The Bertz CT molecular complexity index is 554. The molecule has 1 fully saturated rings. The zero-order valence-corrected chi connectivity index (χ0v) is 14.3. The fourth-order valence-corrected chi connectivity index (χ4v) is 4.03. The lowest BCUT2D eigenvalue weighted by molar-refractivity contribution is -0.131. The van der Waals surface area contributed by atoms with Gasteiger partial charge in [0, 0.05) is 37.5 Å². The van der Waals surface area contributed by atoms with E-state index in [4.69, 9.17) is 0 Å². The molecule has 0 saturated heterocycles.